The molecule has 0 radical (unpaired) electrons. The summed E-state index contributed by atoms with van der Waals surface area (Å²) in [5.74, 6) is 0.657. The number of benzene rings is 1. The van der Waals surface area contributed by atoms with E-state index in [1.54, 1.807) is 24.0 Å². The molecule has 0 bridgehead atoms. The highest BCUT2D eigenvalue weighted by Crippen LogP contribution is 2.22. The SMILES string of the molecule is Nc1ccc(SCc2cc(=O)n3ccccc3n2)cc1. The summed E-state index contributed by atoms with van der Waals surface area (Å²) in [6.45, 7) is 0. The average molecular weight is 283 g/mol. The number of nitrogen functional groups attached to an aromatic ring is 1. The second-order valence-electron chi connectivity index (χ2n) is 4.37. The van der Waals surface area contributed by atoms with E-state index in [0.717, 1.165) is 16.3 Å². The average Bonchev–Trinajstić information content (AvgIpc) is 2.47. The number of hydrogen-bond donors (Lipinski definition) is 1. The molecular weight excluding hydrogens is 270 g/mol. The van der Waals surface area contributed by atoms with Crippen LogP contribution in [-0.4, -0.2) is 9.38 Å². The minimum absolute atomic E-state index is 0.0523. The molecule has 0 amide bonds. The first-order chi connectivity index (χ1) is 9.72. The van der Waals surface area contributed by atoms with Gasteiger partial charge >= 0.3 is 0 Å². The highest BCUT2D eigenvalue weighted by Gasteiger charge is 2.02. The van der Waals surface area contributed by atoms with Crippen LogP contribution >= 0.6 is 11.8 Å². The molecule has 0 fully saturated rings. The van der Waals surface area contributed by atoms with Crippen LogP contribution in [0.15, 0.2) is 64.4 Å². The molecule has 0 atom stereocenters. The Bertz CT molecular complexity index is 796. The lowest BCUT2D eigenvalue weighted by molar-refractivity contribution is 1.01. The van der Waals surface area contributed by atoms with Crippen molar-refractivity contribution in [2.24, 2.45) is 0 Å². The molecule has 0 aliphatic heterocycles. The maximum absolute atomic E-state index is 12.0. The normalized spacial score (nSPS) is 10.8. The summed E-state index contributed by atoms with van der Waals surface area (Å²) in [4.78, 5) is 17.5. The van der Waals surface area contributed by atoms with Crippen LogP contribution in [0.3, 0.4) is 0 Å². The van der Waals surface area contributed by atoms with Gasteiger partial charge in [-0.2, -0.15) is 0 Å². The minimum atomic E-state index is -0.0523. The van der Waals surface area contributed by atoms with Gasteiger partial charge in [-0.1, -0.05) is 6.07 Å². The molecular formula is C15H13N3OS. The third kappa shape index (κ3) is 2.67. The minimum Gasteiger partial charge on any atom is -0.399 e. The number of nitrogens with two attached hydrogens (primary N) is 1. The van der Waals surface area contributed by atoms with E-state index in [4.69, 9.17) is 5.73 Å². The number of pyridine rings is 1. The summed E-state index contributed by atoms with van der Waals surface area (Å²) in [7, 11) is 0. The van der Waals surface area contributed by atoms with Crippen molar-refractivity contribution < 1.29 is 0 Å². The standard InChI is InChI=1S/C15H13N3OS/c16-11-4-6-13(7-5-11)20-10-12-9-15(19)18-8-2-1-3-14(18)17-12/h1-9H,10,16H2. The molecule has 3 aromatic rings. The van der Waals surface area contributed by atoms with Crippen molar-refractivity contribution in [1.82, 2.24) is 9.38 Å². The first kappa shape index (κ1) is 12.7. The molecule has 0 aliphatic carbocycles. The number of nitrogens with zero attached hydrogens (tertiary/aromatic N) is 2. The Hall–Kier alpha value is -2.27. The van der Waals surface area contributed by atoms with Crippen LogP contribution in [0.4, 0.5) is 5.69 Å². The fraction of sp³-hybridized carbons (Fsp3) is 0.0667. The van der Waals surface area contributed by atoms with Gasteiger partial charge in [-0.3, -0.25) is 9.20 Å². The molecule has 20 heavy (non-hydrogen) atoms. The molecule has 2 N–H and O–H groups in total. The summed E-state index contributed by atoms with van der Waals surface area (Å²) in [6, 6.07) is 14.8. The second-order valence-corrected chi connectivity index (χ2v) is 5.42. The van der Waals surface area contributed by atoms with Crippen LogP contribution in [-0.2, 0) is 5.75 Å². The molecule has 5 heteroatoms. The van der Waals surface area contributed by atoms with Crippen molar-refractivity contribution in [3.63, 3.8) is 0 Å². The molecule has 0 saturated carbocycles. The zero-order valence-corrected chi connectivity index (χ0v) is 11.5. The fourth-order valence-corrected chi connectivity index (χ4v) is 2.69. The van der Waals surface area contributed by atoms with Gasteiger partial charge in [0.1, 0.15) is 5.65 Å². The van der Waals surface area contributed by atoms with E-state index < -0.39 is 0 Å². The fourth-order valence-electron chi connectivity index (χ4n) is 1.90. The van der Waals surface area contributed by atoms with Crippen molar-refractivity contribution in [2.75, 3.05) is 5.73 Å². The summed E-state index contributed by atoms with van der Waals surface area (Å²) >= 11 is 1.63. The van der Waals surface area contributed by atoms with Gasteiger partial charge in [0, 0.05) is 28.6 Å². The number of anilines is 1. The molecule has 2 aromatic heterocycles. The van der Waals surface area contributed by atoms with Crippen LogP contribution in [0.1, 0.15) is 5.69 Å². The van der Waals surface area contributed by atoms with Gasteiger partial charge in [0.25, 0.3) is 5.56 Å². The van der Waals surface area contributed by atoms with Gasteiger partial charge in [-0.15, -0.1) is 11.8 Å². The molecule has 4 nitrogen and oxygen atoms in total. The smallest absolute Gasteiger partial charge is 0.258 e. The second kappa shape index (κ2) is 5.38. The highest BCUT2D eigenvalue weighted by atomic mass is 32.2. The predicted octanol–water partition coefficient (Wildman–Crippen LogP) is 2.57. The number of hydrogen-bond acceptors (Lipinski definition) is 4. The maximum Gasteiger partial charge on any atom is 0.258 e. The molecule has 1 aromatic carbocycles. The van der Waals surface area contributed by atoms with Gasteiger partial charge in [0.2, 0.25) is 0 Å². The lowest BCUT2D eigenvalue weighted by Crippen LogP contribution is -2.14. The van der Waals surface area contributed by atoms with Gasteiger partial charge in [-0.05, 0) is 36.4 Å². The quantitative estimate of drug-likeness (QED) is 0.593. The third-order valence-electron chi connectivity index (χ3n) is 2.89. The Kier molecular flexibility index (Phi) is 3.43. The Morgan fingerprint density at radius 3 is 2.75 bits per heavy atom. The van der Waals surface area contributed by atoms with E-state index in [-0.39, 0.29) is 5.56 Å². The molecule has 0 saturated heterocycles. The lowest BCUT2D eigenvalue weighted by Gasteiger charge is -2.04. The zero-order chi connectivity index (χ0) is 13.9. The van der Waals surface area contributed by atoms with E-state index in [1.165, 1.54) is 4.40 Å². The topological polar surface area (TPSA) is 60.4 Å². The molecule has 100 valence electrons. The van der Waals surface area contributed by atoms with Gasteiger partial charge in [0.05, 0.1) is 5.69 Å². The van der Waals surface area contributed by atoms with Crippen molar-refractivity contribution in [3.05, 3.63) is 70.8 Å². The van der Waals surface area contributed by atoms with Gasteiger partial charge in [-0.25, -0.2) is 4.98 Å². The summed E-state index contributed by atoms with van der Waals surface area (Å²) in [6.07, 6.45) is 1.72. The summed E-state index contributed by atoms with van der Waals surface area (Å²) in [5, 5.41) is 0. The van der Waals surface area contributed by atoms with E-state index >= 15 is 0 Å². The number of aromatic nitrogens is 2. The van der Waals surface area contributed by atoms with Crippen LogP contribution in [0, 0.1) is 0 Å². The largest absolute Gasteiger partial charge is 0.399 e. The predicted molar refractivity (Wildman–Crippen MR) is 81.9 cm³/mol. The Balaban J connectivity index is 1.84. The van der Waals surface area contributed by atoms with E-state index in [2.05, 4.69) is 4.98 Å². The van der Waals surface area contributed by atoms with Gasteiger partial charge < -0.3 is 5.73 Å². The van der Waals surface area contributed by atoms with Gasteiger partial charge in [0.15, 0.2) is 0 Å². The van der Waals surface area contributed by atoms with Crippen LogP contribution in [0.5, 0.6) is 0 Å². The Morgan fingerprint density at radius 1 is 1.15 bits per heavy atom. The van der Waals surface area contributed by atoms with Crippen LogP contribution < -0.4 is 11.3 Å². The number of fused-ring (bicyclic) bond motifs is 1. The number of thioether (sulfide) groups is 1. The van der Waals surface area contributed by atoms with Crippen molar-refractivity contribution in [2.45, 2.75) is 10.6 Å². The molecule has 2 heterocycles. The van der Waals surface area contributed by atoms with E-state index in [0.29, 0.717) is 11.4 Å². The van der Waals surface area contributed by atoms with Crippen LogP contribution in [0.25, 0.3) is 5.65 Å². The zero-order valence-electron chi connectivity index (χ0n) is 10.7. The first-order valence-corrected chi connectivity index (χ1v) is 7.16. The van der Waals surface area contributed by atoms with E-state index in [1.807, 2.05) is 42.5 Å². The molecule has 0 unspecified atom stereocenters. The third-order valence-corrected chi connectivity index (χ3v) is 3.94. The molecule has 3 rings (SSSR count). The lowest BCUT2D eigenvalue weighted by atomic mass is 10.3. The van der Waals surface area contributed by atoms with Crippen molar-refractivity contribution >= 4 is 23.1 Å². The van der Waals surface area contributed by atoms with Crippen LogP contribution in [0.2, 0.25) is 0 Å². The Labute approximate surface area is 120 Å². The van der Waals surface area contributed by atoms with Crippen molar-refractivity contribution in [3.8, 4) is 0 Å². The van der Waals surface area contributed by atoms with Crippen molar-refractivity contribution in [1.29, 1.82) is 0 Å². The highest BCUT2D eigenvalue weighted by molar-refractivity contribution is 7.98. The van der Waals surface area contributed by atoms with E-state index in [9.17, 15) is 4.79 Å². The molecule has 0 aliphatic rings. The number of rotatable bonds is 3. The summed E-state index contributed by atoms with van der Waals surface area (Å²) in [5.41, 5.74) is 7.80. The Morgan fingerprint density at radius 2 is 1.95 bits per heavy atom. The molecule has 0 spiro atoms. The monoisotopic (exact) mass is 283 g/mol. The first-order valence-electron chi connectivity index (χ1n) is 6.18. The summed E-state index contributed by atoms with van der Waals surface area (Å²) < 4.78 is 1.54. The maximum atomic E-state index is 12.0.